The molecule has 0 unspecified atom stereocenters. The lowest BCUT2D eigenvalue weighted by Gasteiger charge is -2.32. The number of aliphatic carboxylic acids is 1. The standard InChI is InChI=1S/C21H30O3/c1-15(8-10-18(14-22)17(3)13-20(23)24)9-11-19-16(2)7-6-12-21(19,4)5/h8-11,13,22H,6-7,12,14H2,1-5H3,(H,23,24)/b11-9?,15-8?,17-13-,18-10?. The maximum atomic E-state index is 10.7. The third kappa shape index (κ3) is 5.97. The largest absolute Gasteiger partial charge is 0.478 e. The van der Waals surface area contributed by atoms with Crippen LogP contribution in [0.2, 0.25) is 0 Å². The van der Waals surface area contributed by atoms with Gasteiger partial charge in [0, 0.05) is 6.08 Å². The molecule has 0 radical (unpaired) electrons. The molecule has 0 saturated carbocycles. The van der Waals surface area contributed by atoms with Crippen LogP contribution in [0.25, 0.3) is 0 Å². The fraction of sp³-hybridized carbons (Fsp3) is 0.476. The summed E-state index contributed by atoms with van der Waals surface area (Å²) in [5, 5.41) is 18.2. The molecule has 0 amide bonds. The lowest BCUT2D eigenvalue weighted by Crippen LogP contribution is -2.19. The fourth-order valence-electron chi connectivity index (χ4n) is 3.10. The van der Waals surface area contributed by atoms with Gasteiger partial charge >= 0.3 is 5.97 Å². The van der Waals surface area contributed by atoms with Crippen LogP contribution < -0.4 is 0 Å². The van der Waals surface area contributed by atoms with Gasteiger partial charge in [-0.1, -0.05) is 49.3 Å². The molecule has 0 fully saturated rings. The van der Waals surface area contributed by atoms with E-state index in [4.69, 9.17) is 5.11 Å². The zero-order chi connectivity index (χ0) is 18.3. The van der Waals surface area contributed by atoms with Crippen molar-refractivity contribution in [2.24, 2.45) is 5.41 Å². The average molecular weight is 330 g/mol. The molecule has 0 atom stereocenters. The minimum Gasteiger partial charge on any atom is -0.478 e. The smallest absolute Gasteiger partial charge is 0.328 e. The van der Waals surface area contributed by atoms with Crippen molar-refractivity contribution in [3.05, 3.63) is 58.2 Å². The van der Waals surface area contributed by atoms with E-state index in [2.05, 4.69) is 32.9 Å². The van der Waals surface area contributed by atoms with Gasteiger partial charge in [-0.2, -0.15) is 0 Å². The highest BCUT2D eigenvalue weighted by atomic mass is 16.4. The number of carboxylic acids is 1. The zero-order valence-electron chi connectivity index (χ0n) is 15.5. The van der Waals surface area contributed by atoms with Crippen LogP contribution in [0.1, 0.15) is 53.9 Å². The molecule has 0 heterocycles. The Bertz CT molecular complexity index is 625. The Kier molecular flexibility index (Phi) is 7.43. The van der Waals surface area contributed by atoms with Crippen LogP contribution in [-0.2, 0) is 4.79 Å². The third-order valence-electron chi connectivity index (χ3n) is 4.62. The molecule has 132 valence electrons. The molecule has 1 aliphatic rings. The van der Waals surface area contributed by atoms with Gasteiger partial charge in [-0.3, -0.25) is 0 Å². The number of carbonyl (C=O) groups is 1. The summed E-state index contributed by atoms with van der Waals surface area (Å²) in [6.45, 7) is 10.3. The van der Waals surface area contributed by atoms with E-state index in [-0.39, 0.29) is 12.0 Å². The zero-order valence-corrected chi connectivity index (χ0v) is 15.5. The third-order valence-corrected chi connectivity index (χ3v) is 4.62. The number of carboxylic acid groups (broad SMARTS) is 1. The molecule has 0 spiro atoms. The molecule has 24 heavy (non-hydrogen) atoms. The predicted molar refractivity (Wildman–Crippen MR) is 99.8 cm³/mol. The summed E-state index contributed by atoms with van der Waals surface area (Å²) >= 11 is 0. The molecule has 0 aromatic carbocycles. The van der Waals surface area contributed by atoms with Crippen LogP contribution in [0, 0.1) is 5.41 Å². The predicted octanol–water partition coefficient (Wildman–Crippen LogP) is 4.97. The minimum atomic E-state index is -1.01. The Morgan fingerprint density at radius 2 is 1.92 bits per heavy atom. The van der Waals surface area contributed by atoms with Crippen LogP contribution in [-0.4, -0.2) is 22.8 Å². The van der Waals surface area contributed by atoms with Gasteiger partial charge in [0.2, 0.25) is 0 Å². The first-order valence-corrected chi connectivity index (χ1v) is 8.45. The van der Waals surface area contributed by atoms with Crippen LogP contribution in [0.15, 0.2) is 58.2 Å². The van der Waals surface area contributed by atoms with E-state index in [0.29, 0.717) is 11.1 Å². The highest BCUT2D eigenvalue weighted by Crippen LogP contribution is 2.40. The maximum absolute atomic E-state index is 10.7. The van der Waals surface area contributed by atoms with E-state index in [9.17, 15) is 9.90 Å². The second-order valence-corrected chi connectivity index (χ2v) is 7.19. The van der Waals surface area contributed by atoms with Crippen LogP contribution in [0.5, 0.6) is 0 Å². The molecule has 1 rings (SSSR count). The lowest BCUT2D eigenvalue weighted by atomic mass is 9.72. The van der Waals surface area contributed by atoms with Crippen molar-refractivity contribution >= 4 is 5.97 Å². The Balaban J connectivity index is 2.97. The Hall–Kier alpha value is -1.87. The first-order valence-electron chi connectivity index (χ1n) is 8.45. The quantitative estimate of drug-likeness (QED) is 0.534. The summed E-state index contributed by atoms with van der Waals surface area (Å²) in [4.78, 5) is 10.7. The molecule has 0 aliphatic heterocycles. The lowest BCUT2D eigenvalue weighted by molar-refractivity contribution is -0.131. The number of aliphatic hydroxyl groups excluding tert-OH is 1. The average Bonchev–Trinajstić information content (AvgIpc) is 2.45. The summed E-state index contributed by atoms with van der Waals surface area (Å²) < 4.78 is 0. The Labute approximate surface area is 145 Å². The van der Waals surface area contributed by atoms with Crippen molar-refractivity contribution in [3.63, 3.8) is 0 Å². The SMILES string of the molecule is CC(C=CC1=C(C)CCCC1(C)C)=CC=C(CO)/C(C)=C\C(=O)O. The first kappa shape index (κ1) is 20.2. The highest BCUT2D eigenvalue weighted by molar-refractivity contribution is 5.81. The molecular formula is C21H30O3. The van der Waals surface area contributed by atoms with Crippen molar-refractivity contribution in [1.82, 2.24) is 0 Å². The van der Waals surface area contributed by atoms with Crippen molar-refractivity contribution in [3.8, 4) is 0 Å². The minimum absolute atomic E-state index is 0.180. The second-order valence-electron chi connectivity index (χ2n) is 7.19. The van der Waals surface area contributed by atoms with E-state index in [1.54, 1.807) is 13.0 Å². The summed E-state index contributed by atoms with van der Waals surface area (Å²) in [7, 11) is 0. The highest BCUT2D eigenvalue weighted by Gasteiger charge is 2.26. The van der Waals surface area contributed by atoms with Gasteiger partial charge < -0.3 is 10.2 Å². The van der Waals surface area contributed by atoms with Crippen molar-refractivity contribution < 1.29 is 15.0 Å². The molecule has 2 N–H and O–H groups in total. The van der Waals surface area contributed by atoms with E-state index >= 15 is 0 Å². The van der Waals surface area contributed by atoms with E-state index in [1.165, 1.54) is 30.4 Å². The van der Waals surface area contributed by atoms with Crippen molar-refractivity contribution in [2.75, 3.05) is 6.61 Å². The Morgan fingerprint density at radius 3 is 2.46 bits per heavy atom. The van der Waals surface area contributed by atoms with E-state index in [0.717, 1.165) is 11.6 Å². The van der Waals surface area contributed by atoms with Gasteiger partial charge in [-0.25, -0.2) is 4.79 Å². The van der Waals surface area contributed by atoms with Crippen LogP contribution in [0.3, 0.4) is 0 Å². The maximum Gasteiger partial charge on any atom is 0.328 e. The molecule has 3 heteroatoms. The monoisotopic (exact) mass is 330 g/mol. The molecule has 0 aromatic heterocycles. The van der Waals surface area contributed by atoms with Gasteiger partial charge in [-0.15, -0.1) is 0 Å². The van der Waals surface area contributed by atoms with Gasteiger partial charge in [0.1, 0.15) is 0 Å². The van der Waals surface area contributed by atoms with Gasteiger partial charge in [0.25, 0.3) is 0 Å². The van der Waals surface area contributed by atoms with Gasteiger partial charge in [0.15, 0.2) is 0 Å². The Morgan fingerprint density at radius 1 is 1.25 bits per heavy atom. The molecule has 3 nitrogen and oxygen atoms in total. The molecular weight excluding hydrogens is 300 g/mol. The normalized spacial score (nSPS) is 20.0. The summed E-state index contributed by atoms with van der Waals surface area (Å²) in [5.41, 5.74) is 5.32. The van der Waals surface area contributed by atoms with Crippen LogP contribution in [0.4, 0.5) is 0 Å². The molecule has 0 bridgehead atoms. The number of hydrogen-bond donors (Lipinski definition) is 2. The molecule has 0 aromatic rings. The number of hydrogen-bond acceptors (Lipinski definition) is 2. The van der Waals surface area contributed by atoms with Gasteiger partial charge in [0.05, 0.1) is 6.61 Å². The van der Waals surface area contributed by atoms with Gasteiger partial charge in [-0.05, 0) is 62.2 Å². The van der Waals surface area contributed by atoms with Crippen molar-refractivity contribution in [2.45, 2.75) is 53.9 Å². The first-order chi connectivity index (χ1) is 11.2. The topological polar surface area (TPSA) is 57.5 Å². The summed E-state index contributed by atoms with van der Waals surface area (Å²) in [5.74, 6) is -1.01. The molecule has 1 aliphatic carbocycles. The number of allylic oxidation sites excluding steroid dienone is 7. The fourth-order valence-corrected chi connectivity index (χ4v) is 3.10. The van der Waals surface area contributed by atoms with E-state index < -0.39 is 5.97 Å². The van der Waals surface area contributed by atoms with Crippen LogP contribution >= 0.6 is 0 Å². The summed E-state index contributed by atoms with van der Waals surface area (Å²) in [6.07, 6.45) is 12.7. The summed E-state index contributed by atoms with van der Waals surface area (Å²) in [6, 6.07) is 0. The molecule has 0 saturated heterocycles. The second kappa shape index (κ2) is 8.84. The number of rotatable bonds is 6. The van der Waals surface area contributed by atoms with Crippen molar-refractivity contribution in [1.29, 1.82) is 0 Å². The number of aliphatic hydroxyl groups is 1. The van der Waals surface area contributed by atoms with E-state index in [1.807, 2.05) is 13.0 Å².